The number of carbonyl (C=O) groups excluding carboxylic acids is 1. The van der Waals surface area contributed by atoms with Gasteiger partial charge in [-0.3, -0.25) is 9.36 Å². The van der Waals surface area contributed by atoms with Crippen LogP contribution in [0, 0.1) is 6.92 Å². The molecule has 3 rings (SSSR count). The van der Waals surface area contributed by atoms with Crippen molar-refractivity contribution >= 4 is 17.2 Å². The van der Waals surface area contributed by atoms with Gasteiger partial charge in [-0.1, -0.05) is 30.3 Å². The molecule has 0 aliphatic carbocycles. The van der Waals surface area contributed by atoms with Gasteiger partial charge in [0.25, 0.3) is 0 Å². The van der Waals surface area contributed by atoms with Crippen molar-refractivity contribution in [2.75, 3.05) is 6.54 Å². The van der Waals surface area contributed by atoms with Gasteiger partial charge in [-0.25, -0.2) is 4.98 Å². The second-order valence-electron chi connectivity index (χ2n) is 6.79. The monoisotopic (exact) mass is 353 g/mol. The number of thiazole rings is 1. The zero-order valence-corrected chi connectivity index (χ0v) is 15.6. The van der Waals surface area contributed by atoms with Crippen LogP contribution < -0.4 is 5.32 Å². The average molecular weight is 353 g/mol. The normalized spacial score (nSPS) is 11.6. The van der Waals surface area contributed by atoms with Crippen LogP contribution in [0.15, 0.2) is 54.9 Å². The molecular formula is C20H23N3OS. The molecule has 0 radical (unpaired) electrons. The molecule has 0 amide bonds. The predicted octanol–water partition coefficient (Wildman–Crippen LogP) is 4.17. The lowest BCUT2D eigenvalue weighted by molar-refractivity contribution is 0.0901. The van der Waals surface area contributed by atoms with E-state index in [9.17, 15) is 4.79 Å². The molecule has 4 nitrogen and oxygen atoms in total. The Morgan fingerprint density at radius 2 is 1.84 bits per heavy atom. The van der Waals surface area contributed by atoms with Gasteiger partial charge in [0.1, 0.15) is 5.01 Å². The van der Waals surface area contributed by atoms with Crippen LogP contribution in [0.3, 0.4) is 0 Å². The first-order chi connectivity index (χ1) is 11.9. The molecule has 0 aliphatic heterocycles. The van der Waals surface area contributed by atoms with Gasteiger partial charge in [-0.15, -0.1) is 11.3 Å². The van der Waals surface area contributed by atoms with Crippen molar-refractivity contribution in [2.24, 2.45) is 0 Å². The quantitative estimate of drug-likeness (QED) is 0.723. The summed E-state index contributed by atoms with van der Waals surface area (Å²) in [5.41, 5.74) is 2.03. The minimum atomic E-state index is -0.213. The van der Waals surface area contributed by atoms with Crippen molar-refractivity contribution in [1.29, 1.82) is 0 Å². The van der Waals surface area contributed by atoms with Gasteiger partial charge in [0.05, 0.1) is 12.2 Å². The summed E-state index contributed by atoms with van der Waals surface area (Å²) >= 11 is 1.72. The molecule has 25 heavy (non-hydrogen) atoms. The Kier molecular flexibility index (Phi) is 5.16. The third kappa shape index (κ3) is 4.44. The van der Waals surface area contributed by atoms with Gasteiger partial charge in [0.2, 0.25) is 5.91 Å². The number of nitrogens with zero attached hydrogens (tertiary/aromatic N) is 2. The molecule has 0 unspecified atom stereocenters. The molecule has 0 bridgehead atoms. The van der Waals surface area contributed by atoms with E-state index in [4.69, 9.17) is 4.98 Å². The summed E-state index contributed by atoms with van der Waals surface area (Å²) in [4.78, 5) is 18.2. The second kappa shape index (κ2) is 7.33. The number of aryl methyl sites for hydroxylation is 1. The highest BCUT2D eigenvalue weighted by atomic mass is 32.1. The molecule has 0 aliphatic rings. The first-order valence-corrected chi connectivity index (χ1v) is 9.19. The number of hydrogen-bond acceptors (Lipinski definition) is 4. The van der Waals surface area contributed by atoms with Crippen LogP contribution in [-0.4, -0.2) is 27.5 Å². The maximum Gasteiger partial charge on any atom is 0.244 e. The highest BCUT2D eigenvalue weighted by Crippen LogP contribution is 2.29. The largest absolute Gasteiger partial charge is 0.303 e. The molecule has 2 aromatic heterocycles. The summed E-state index contributed by atoms with van der Waals surface area (Å²) in [5, 5.41) is 4.41. The van der Waals surface area contributed by atoms with Crippen molar-refractivity contribution in [3.63, 3.8) is 0 Å². The maximum atomic E-state index is 12.1. The summed E-state index contributed by atoms with van der Waals surface area (Å²) in [7, 11) is 0. The number of carbonyl (C=O) groups is 1. The third-order valence-corrected chi connectivity index (χ3v) is 5.20. The van der Waals surface area contributed by atoms with Crippen molar-refractivity contribution in [3.8, 4) is 10.6 Å². The molecule has 2 heterocycles. The van der Waals surface area contributed by atoms with Gasteiger partial charge >= 0.3 is 0 Å². The van der Waals surface area contributed by atoms with E-state index in [2.05, 4.69) is 38.2 Å². The van der Waals surface area contributed by atoms with Crippen LogP contribution in [0.2, 0.25) is 0 Å². The van der Waals surface area contributed by atoms with Crippen LogP contribution >= 0.6 is 11.3 Å². The Morgan fingerprint density at radius 3 is 2.52 bits per heavy atom. The van der Waals surface area contributed by atoms with Gasteiger partial charge in [0, 0.05) is 34.8 Å². The van der Waals surface area contributed by atoms with Crippen LogP contribution in [0.4, 0.5) is 0 Å². The highest BCUT2D eigenvalue weighted by molar-refractivity contribution is 7.15. The number of nitrogens with one attached hydrogen (secondary N) is 1. The van der Waals surface area contributed by atoms with Crippen molar-refractivity contribution in [3.05, 3.63) is 65.4 Å². The van der Waals surface area contributed by atoms with Crippen molar-refractivity contribution < 1.29 is 4.79 Å². The lowest BCUT2D eigenvalue weighted by atomic mass is 9.98. The number of aromatic nitrogens is 2. The van der Waals surface area contributed by atoms with Crippen molar-refractivity contribution in [1.82, 2.24) is 14.9 Å². The SMILES string of the molecule is Cc1sc(-c2ccccc2)nc1CC(C)(C)NCC(=O)n1cccc1. The molecule has 3 aromatic rings. The predicted molar refractivity (Wildman–Crippen MR) is 103 cm³/mol. The first-order valence-electron chi connectivity index (χ1n) is 8.37. The topological polar surface area (TPSA) is 46.9 Å². The molecule has 5 heteroatoms. The number of rotatable bonds is 6. The van der Waals surface area contributed by atoms with Crippen LogP contribution in [0.5, 0.6) is 0 Å². The van der Waals surface area contributed by atoms with Gasteiger partial charge < -0.3 is 5.32 Å². The average Bonchev–Trinajstić information content (AvgIpc) is 3.24. The second-order valence-corrected chi connectivity index (χ2v) is 7.99. The molecule has 0 saturated heterocycles. The fraction of sp³-hybridized carbons (Fsp3) is 0.300. The number of benzene rings is 1. The van der Waals surface area contributed by atoms with Crippen LogP contribution in [-0.2, 0) is 6.42 Å². The van der Waals surface area contributed by atoms with Gasteiger partial charge in [0.15, 0.2) is 0 Å². The molecule has 1 N–H and O–H groups in total. The van der Waals surface area contributed by atoms with E-state index in [1.165, 1.54) is 4.88 Å². The summed E-state index contributed by atoms with van der Waals surface area (Å²) in [6.45, 7) is 6.63. The first kappa shape index (κ1) is 17.6. The van der Waals surface area contributed by atoms with E-state index in [0.717, 1.165) is 22.7 Å². The highest BCUT2D eigenvalue weighted by Gasteiger charge is 2.22. The van der Waals surface area contributed by atoms with Gasteiger partial charge in [-0.05, 0) is 32.9 Å². The Hall–Kier alpha value is -2.24. The summed E-state index contributed by atoms with van der Waals surface area (Å²) in [6, 6.07) is 14.0. The van der Waals surface area contributed by atoms with Crippen LogP contribution in [0.1, 0.15) is 29.2 Å². The molecule has 1 aromatic carbocycles. The number of hydrogen-bond donors (Lipinski definition) is 1. The van der Waals surface area contributed by atoms with Gasteiger partial charge in [-0.2, -0.15) is 0 Å². The lowest BCUT2D eigenvalue weighted by Crippen LogP contribution is -2.45. The molecule has 0 atom stereocenters. The third-order valence-electron chi connectivity index (χ3n) is 4.13. The summed E-state index contributed by atoms with van der Waals surface area (Å²) < 4.78 is 1.60. The molecule has 0 saturated carbocycles. The Balaban J connectivity index is 1.66. The fourth-order valence-electron chi connectivity index (χ4n) is 2.68. The molecule has 130 valence electrons. The zero-order valence-electron chi connectivity index (χ0n) is 14.8. The van der Waals surface area contributed by atoms with Crippen molar-refractivity contribution in [2.45, 2.75) is 32.7 Å². The Morgan fingerprint density at radius 1 is 1.16 bits per heavy atom. The zero-order chi connectivity index (χ0) is 17.9. The minimum absolute atomic E-state index is 0.0399. The van der Waals surface area contributed by atoms with E-state index in [1.54, 1.807) is 28.3 Å². The van der Waals surface area contributed by atoms with E-state index in [0.29, 0.717) is 6.54 Å². The summed E-state index contributed by atoms with van der Waals surface area (Å²) in [6.07, 6.45) is 4.32. The fourth-order valence-corrected chi connectivity index (χ4v) is 3.62. The summed E-state index contributed by atoms with van der Waals surface area (Å²) in [5.74, 6) is 0.0399. The van der Waals surface area contributed by atoms with Crippen LogP contribution in [0.25, 0.3) is 10.6 Å². The van der Waals surface area contributed by atoms with E-state index >= 15 is 0 Å². The lowest BCUT2D eigenvalue weighted by Gasteiger charge is -2.25. The molecule has 0 spiro atoms. The van der Waals surface area contributed by atoms with E-state index in [-0.39, 0.29) is 11.4 Å². The van der Waals surface area contributed by atoms with E-state index < -0.39 is 0 Å². The van der Waals surface area contributed by atoms with E-state index in [1.807, 2.05) is 30.3 Å². The standard InChI is InChI=1S/C20H23N3OS/c1-15-17(22-19(25-15)16-9-5-4-6-10-16)13-20(2,3)21-14-18(24)23-11-7-8-12-23/h4-12,21H,13-14H2,1-3H3. The Labute approximate surface area is 152 Å². The minimum Gasteiger partial charge on any atom is -0.303 e. The smallest absolute Gasteiger partial charge is 0.244 e. The molecular weight excluding hydrogens is 330 g/mol. The molecule has 0 fully saturated rings. The Bertz CT molecular complexity index is 835. The maximum absolute atomic E-state index is 12.1.